The van der Waals surface area contributed by atoms with Gasteiger partial charge in [0.1, 0.15) is 5.75 Å². The fourth-order valence-electron chi connectivity index (χ4n) is 1.59. The van der Waals surface area contributed by atoms with E-state index in [9.17, 15) is 0 Å². The van der Waals surface area contributed by atoms with Gasteiger partial charge in [-0.05, 0) is 37.6 Å². The smallest absolute Gasteiger partial charge is 0.165 e. The molecule has 90 valence electrons. The molecule has 0 unspecified atom stereocenters. The number of aromatic nitrogens is 2. The molecule has 0 atom stereocenters. The lowest BCUT2D eigenvalue weighted by Gasteiger charge is -2.03. The SMILES string of the molecule is Cc1cccc(Oc2cnn(CCCN)c2)c1. The lowest BCUT2D eigenvalue weighted by atomic mass is 10.2. The molecule has 0 aliphatic heterocycles. The van der Waals surface area contributed by atoms with E-state index in [0.29, 0.717) is 6.54 Å². The number of rotatable bonds is 5. The largest absolute Gasteiger partial charge is 0.454 e. The Labute approximate surface area is 101 Å². The van der Waals surface area contributed by atoms with Crippen molar-refractivity contribution >= 4 is 0 Å². The summed E-state index contributed by atoms with van der Waals surface area (Å²) in [6, 6.07) is 7.95. The predicted octanol–water partition coefficient (Wildman–Crippen LogP) is 2.33. The molecule has 2 N–H and O–H groups in total. The summed E-state index contributed by atoms with van der Waals surface area (Å²) in [5.74, 6) is 1.59. The molecule has 1 heterocycles. The normalized spacial score (nSPS) is 10.5. The van der Waals surface area contributed by atoms with E-state index in [2.05, 4.69) is 5.10 Å². The predicted molar refractivity (Wildman–Crippen MR) is 67.2 cm³/mol. The fraction of sp³-hybridized carbons (Fsp3) is 0.308. The summed E-state index contributed by atoms with van der Waals surface area (Å²) >= 11 is 0. The minimum absolute atomic E-state index is 0.675. The second-order valence-electron chi connectivity index (χ2n) is 4.00. The first-order valence-electron chi connectivity index (χ1n) is 5.75. The van der Waals surface area contributed by atoms with Gasteiger partial charge in [0.15, 0.2) is 5.75 Å². The molecule has 1 aromatic heterocycles. The van der Waals surface area contributed by atoms with Crippen molar-refractivity contribution < 1.29 is 4.74 Å². The Hall–Kier alpha value is -1.81. The van der Waals surface area contributed by atoms with Crippen LogP contribution >= 0.6 is 0 Å². The quantitative estimate of drug-likeness (QED) is 0.859. The summed E-state index contributed by atoms with van der Waals surface area (Å²) < 4.78 is 7.55. The zero-order valence-corrected chi connectivity index (χ0v) is 9.97. The minimum Gasteiger partial charge on any atom is -0.454 e. The molecule has 0 aliphatic carbocycles. The average Bonchev–Trinajstić information content (AvgIpc) is 2.74. The number of ether oxygens (including phenoxy) is 1. The molecule has 4 heteroatoms. The molecule has 0 radical (unpaired) electrons. The highest BCUT2D eigenvalue weighted by molar-refractivity contribution is 5.31. The van der Waals surface area contributed by atoms with Gasteiger partial charge in [-0.1, -0.05) is 12.1 Å². The van der Waals surface area contributed by atoms with Crippen molar-refractivity contribution in [1.29, 1.82) is 0 Å². The van der Waals surface area contributed by atoms with Crippen LogP contribution in [0.4, 0.5) is 0 Å². The maximum atomic E-state index is 5.71. The van der Waals surface area contributed by atoms with Crippen LogP contribution in [0.15, 0.2) is 36.7 Å². The molecular formula is C13H17N3O. The zero-order chi connectivity index (χ0) is 12.1. The van der Waals surface area contributed by atoms with Crippen LogP contribution in [0.5, 0.6) is 11.5 Å². The Morgan fingerprint density at radius 1 is 1.35 bits per heavy atom. The van der Waals surface area contributed by atoms with Gasteiger partial charge in [-0.25, -0.2) is 0 Å². The Bertz CT molecular complexity index is 479. The molecular weight excluding hydrogens is 214 g/mol. The van der Waals surface area contributed by atoms with Gasteiger partial charge in [0.25, 0.3) is 0 Å². The highest BCUT2D eigenvalue weighted by atomic mass is 16.5. The van der Waals surface area contributed by atoms with Crippen molar-refractivity contribution in [2.75, 3.05) is 6.54 Å². The first-order valence-corrected chi connectivity index (χ1v) is 5.75. The van der Waals surface area contributed by atoms with Crippen LogP contribution in [-0.4, -0.2) is 16.3 Å². The van der Waals surface area contributed by atoms with Crippen LogP contribution in [0.1, 0.15) is 12.0 Å². The van der Waals surface area contributed by atoms with E-state index in [0.717, 1.165) is 24.5 Å². The van der Waals surface area contributed by atoms with E-state index in [1.807, 2.05) is 42.1 Å². The summed E-state index contributed by atoms with van der Waals surface area (Å²) in [6.07, 6.45) is 4.53. The number of benzene rings is 1. The van der Waals surface area contributed by atoms with Gasteiger partial charge in [0.05, 0.1) is 12.4 Å². The van der Waals surface area contributed by atoms with E-state index < -0.39 is 0 Å². The second-order valence-corrected chi connectivity index (χ2v) is 4.00. The van der Waals surface area contributed by atoms with Crippen molar-refractivity contribution in [2.45, 2.75) is 19.9 Å². The zero-order valence-electron chi connectivity index (χ0n) is 9.97. The molecule has 0 amide bonds. The van der Waals surface area contributed by atoms with Crippen LogP contribution in [0.25, 0.3) is 0 Å². The molecule has 1 aromatic carbocycles. The monoisotopic (exact) mass is 231 g/mol. The van der Waals surface area contributed by atoms with Crippen molar-refractivity contribution in [3.8, 4) is 11.5 Å². The first kappa shape index (κ1) is 11.7. The summed E-state index contributed by atoms with van der Waals surface area (Å²) in [4.78, 5) is 0. The summed E-state index contributed by atoms with van der Waals surface area (Å²) in [7, 11) is 0. The minimum atomic E-state index is 0.675. The van der Waals surface area contributed by atoms with Crippen LogP contribution in [-0.2, 0) is 6.54 Å². The van der Waals surface area contributed by atoms with Gasteiger partial charge >= 0.3 is 0 Å². The van der Waals surface area contributed by atoms with Gasteiger partial charge in [-0.3, -0.25) is 4.68 Å². The Balaban J connectivity index is 2.01. The average molecular weight is 231 g/mol. The number of nitrogens with two attached hydrogens (primary N) is 1. The third kappa shape index (κ3) is 3.32. The Morgan fingerprint density at radius 3 is 3.00 bits per heavy atom. The third-order valence-electron chi connectivity index (χ3n) is 2.43. The maximum Gasteiger partial charge on any atom is 0.165 e. The Kier molecular flexibility index (Phi) is 3.77. The molecule has 0 aliphatic rings. The molecule has 17 heavy (non-hydrogen) atoms. The summed E-state index contributed by atoms with van der Waals surface area (Å²) in [5, 5.41) is 4.21. The molecule has 2 aromatic rings. The van der Waals surface area contributed by atoms with Gasteiger partial charge in [-0.2, -0.15) is 5.10 Å². The van der Waals surface area contributed by atoms with E-state index in [1.54, 1.807) is 6.20 Å². The molecule has 0 saturated heterocycles. The fourth-order valence-corrected chi connectivity index (χ4v) is 1.59. The van der Waals surface area contributed by atoms with Crippen LogP contribution in [0.2, 0.25) is 0 Å². The Morgan fingerprint density at radius 2 is 2.24 bits per heavy atom. The number of hydrogen-bond donors (Lipinski definition) is 1. The van der Waals surface area contributed by atoms with Crippen LogP contribution in [0, 0.1) is 6.92 Å². The van der Waals surface area contributed by atoms with Crippen LogP contribution in [0.3, 0.4) is 0 Å². The van der Waals surface area contributed by atoms with E-state index in [-0.39, 0.29) is 0 Å². The number of nitrogens with zero attached hydrogens (tertiary/aromatic N) is 2. The van der Waals surface area contributed by atoms with E-state index >= 15 is 0 Å². The first-order chi connectivity index (χ1) is 8.28. The van der Waals surface area contributed by atoms with Crippen molar-refractivity contribution in [2.24, 2.45) is 5.73 Å². The topological polar surface area (TPSA) is 53.1 Å². The third-order valence-corrected chi connectivity index (χ3v) is 2.43. The molecule has 0 bridgehead atoms. The highest BCUT2D eigenvalue weighted by Crippen LogP contribution is 2.21. The molecule has 4 nitrogen and oxygen atoms in total. The van der Waals surface area contributed by atoms with E-state index in [1.165, 1.54) is 5.56 Å². The number of hydrogen-bond acceptors (Lipinski definition) is 3. The van der Waals surface area contributed by atoms with Crippen molar-refractivity contribution in [3.63, 3.8) is 0 Å². The van der Waals surface area contributed by atoms with Crippen molar-refractivity contribution in [3.05, 3.63) is 42.2 Å². The molecule has 0 fully saturated rings. The number of aryl methyl sites for hydroxylation is 2. The maximum absolute atomic E-state index is 5.71. The van der Waals surface area contributed by atoms with Gasteiger partial charge in [-0.15, -0.1) is 0 Å². The lowest BCUT2D eigenvalue weighted by molar-refractivity contribution is 0.480. The second kappa shape index (κ2) is 5.50. The lowest BCUT2D eigenvalue weighted by Crippen LogP contribution is -2.05. The van der Waals surface area contributed by atoms with E-state index in [4.69, 9.17) is 10.5 Å². The van der Waals surface area contributed by atoms with Gasteiger partial charge < -0.3 is 10.5 Å². The summed E-state index contributed by atoms with van der Waals surface area (Å²) in [5.41, 5.74) is 6.63. The van der Waals surface area contributed by atoms with Crippen LogP contribution < -0.4 is 10.5 Å². The summed E-state index contributed by atoms with van der Waals surface area (Å²) in [6.45, 7) is 3.54. The standard InChI is InChI=1S/C13H17N3O/c1-11-4-2-5-12(8-11)17-13-9-15-16(10-13)7-3-6-14/h2,4-5,8-10H,3,6-7,14H2,1H3. The van der Waals surface area contributed by atoms with Gasteiger partial charge in [0.2, 0.25) is 0 Å². The highest BCUT2D eigenvalue weighted by Gasteiger charge is 2.01. The molecule has 0 spiro atoms. The molecule has 2 rings (SSSR count). The molecule has 0 saturated carbocycles. The van der Waals surface area contributed by atoms with Gasteiger partial charge in [0, 0.05) is 6.54 Å². The van der Waals surface area contributed by atoms with Crippen molar-refractivity contribution in [1.82, 2.24) is 9.78 Å².